The number of unbranched alkanes of at least 4 members (excludes halogenated alkanes) is 1. The highest BCUT2D eigenvalue weighted by Crippen LogP contribution is 2.28. The lowest BCUT2D eigenvalue weighted by atomic mass is 9.96. The average molecular weight is 460 g/mol. The van der Waals surface area contributed by atoms with Crippen LogP contribution in [0.1, 0.15) is 57.3 Å². The minimum atomic E-state index is -1.13. The Morgan fingerprint density at radius 2 is 1.71 bits per heavy atom. The zero-order valence-electron chi connectivity index (χ0n) is 19.0. The van der Waals surface area contributed by atoms with Crippen molar-refractivity contribution >= 4 is 17.6 Å². The van der Waals surface area contributed by atoms with Gasteiger partial charge in [-0.3, -0.25) is 0 Å². The molecule has 0 fully saturated rings. The Balaban J connectivity index is 1.74. The fourth-order valence-corrected chi connectivity index (χ4v) is 4.05. The van der Waals surface area contributed by atoms with E-state index >= 15 is 0 Å². The lowest BCUT2D eigenvalue weighted by molar-refractivity contribution is 0.0683. The lowest BCUT2D eigenvalue weighted by Gasteiger charge is -2.09. The number of fused-ring (bicyclic) bond motifs is 1. The molecule has 2 aromatic carbocycles. The molecule has 0 spiro atoms. The van der Waals surface area contributed by atoms with E-state index < -0.39 is 11.9 Å². The number of carbonyl (C=O) groups is 2. The Morgan fingerprint density at radius 1 is 1.00 bits per heavy atom. The number of aryl methyl sites for hydroxylation is 1. The van der Waals surface area contributed by atoms with Gasteiger partial charge in [-0.15, -0.1) is 0 Å². The quantitative estimate of drug-likeness (QED) is 0.372. The molecular weight excluding hydrogens is 434 g/mol. The van der Waals surface area contributed by atoms with Gasteiger partial charge in [0.15, 0.2) is 5.65 Å². The number of benzene rings is 2. The van der Waals surface area contributed by atoms with Crippen LogP contribution in [-0.2, 0) is 12.8 Å². The topological polar surface area (TPSA) is 114 Å². The summed E-state index contributed by atoms with van der Waals surface area (Å²) in [5.41, 5.74) is 5.03. The van der Waals surface area contributed by atoms with Gasteiger partial charge in [-0.2, -0.15) is 9.61 Å². The number of methoxy groups -OCH3 is 1. The van der Waals surface area contributed by atoms with E-state index in [-0.39, 0.29) is 17.0 Å². The summed E-state index contributed by atoms with van der Waals surface area (Å²) in [5.74, 6) is -1.95. The van der Waals surface area contributed by atoms with E-state index in [0.717, 1.165) is 41.6 Å². The van der Waals surface area contributed by atoms with E-state index in [4.69, 9.17) is 4.74 Å². The number of ether oxygens (including phenoxy) is 1. The monoisotopic (exact) mass is 459 g/mol. The molecule has 174 valence electrons. The van der Waals surface area contributed by atoms with Crippen LogP contribution < -0.4 is 4.74 Å². The Bertz CT molecular complexity index is 1360. The molecule has 34 heavy (non-hydrogen) atoms. The van der Waals surface area contributed by atoms with E-state index in [2.05, 4.69) is 17.0 Å². The summed E-state index contributed by atoms with van der Waals surface area (Å²) in [4.78, 5) is 27.6. The summed E-state index contributed by atoms with van der Waals surface area (Å²) >= 11 is 0. The molecule has 8 nitrogen and oxygen atoms in total. The van der Waals surface area contributed by atoms with Crippen molar-refractivity contribution in [2.45, 2.75) is 32.6 Å². The predicted octanol–water partition coefficient (Wildman–Crippen LogP) is 4.73. The average Bonchev–Trinajstić information content (AvgIpc) is 3.19. The predicted molar refractivity (Wildman–Crippen MR) is 127 cm³/mol. The first-order valence-corrected chi connectivity index (χ1v) is 11.0. The zero-order chi connectivity index (χ0) is 24.2. The Labute approximate surface area is 196 Å². The van der Waals surface area contributed by atoms with Gasteiger partial charge in [0.1, 0.15) is 5.56 Å². The lowest BCUT2D eigenvalue weighted by Crippen LogP contribution is -2.07. The van der Waals surface area contributed by atoms with E-state index in [1.807, 2.05) is 30.3 Å². The molecule has 0 amide bonds. The van der Waals surface area contributed by atoms with Crippen molar-refractivity contribution in [2.75, 3.05) is 7.11 Å². The molecule has 0 saturated carbocycles. The highest BCUT2D eigenvalue weighted by Gasteiger charge is 2.22. The maximum Gasteiger partial charge on any atom is 0.342 e. The molecule has 0 atom stereocenters. The van der Waals surface area contributed by atoms with Gasteiger partial charge in [-0.05, 0) is 35.6 Å². The fraction of sp³-hybridized carbons (Fsp3) is 0.231. The second-order valence-corrected chi connectivity index (χ2v) is 7.97. The van der Waals surface area contributed by atoms with Gasteiger partial charge in [-0.1, -0.05) is 55.8 Å². The number of carboxylic acid groups (broad SMARTS) is 2. The van der Waals surface area contributed by atoms with Crippen molar-refractivity contribution < 1.29 is 24.5 Å². The molecule has 0 bridgehead atoms. The van der Waals surface area contributed by atoms with Crippen LogP contribution in [0.25, 0.3) is 16.8 Å². The molecule has 2 heterocycles. The molecule has 0 aliphatic heterocycles. The van der Waals surface area contributed by atoms with Gasteiger partial charge < -0.3 is 14.9 Å². The summed E-state index contributed by atoms with van der Waals surface area (Å²) in [5, 5.41) is 23.6. The van der Waals surface area contributed by atoms with Crippen molar-refractivity contribution in [3.05, 3.63) is 82.7 Å². The van der Waals surface area contributed by atoms with Crippen molar-refractivity contribution in [3.8, 4) is 17.0 Å². The molecular formula is C26H25N3O5. The summed E-state index contributed by atoms with van der Waals surface area (Å²) in [7, 11) is 1.42. The van der Waals surface area contributed by atoms with Gasteiger partial charge in [0.2, 0.25) is 5.88 Å². The largest absolute Gasteiger partial charge is 0.480 e. The zero-order valence-corrected chi connectivity index (χ0v) is 19.0. The Hall–Kier alpha value is -4.20. The van der Waals surface area contributed by atoms with Crippen molar-refractivity contribution in [2.24, 2.45) is 0 Å². The van der Waals surface area contributed by atoms with Crippen molar-refractivity contribution in [3.63, 3.8) is 0 Å². The number of aromatic carboxylic acids is 2. The summed E-state index contributed by atoms with van der Waals surface area (Å²) in [6.07, 6.45) is 4.53. The third kappa shape index (κ3) is 4.34. The van der Waals surface area contributed by atoms with Crippen molar-refractivity contribution in [1.29, 1.82) is 0 Å². The third-order valence-corrected chi connectivity index (χ3v) is 5.77. The first kappa shape index (κ1) is 23.0. The van der Waals surface area contributed by atoms with Crippen LogP contribution in [0.2, 0.25) is 0 Å². The number of nitrogens with zero attached hydrogens (tertiary/aromatic N) is 3. The van der Waals surface area contributed by atoms with Crippen LogP contribution in [0, 0.1) is 0 Å². The molecule has 0 saturated heterocycles. The van der Waals surface area contributed by atoms with Crippen LogP contribution in [0.3, 0.4) is 0 Å². The number of aromatic nitrogens is 3. The molecule has 4 aromatic rings. The molecule has 0 radical (unpaired) electrons. The summed E-state index contributed by atoms with van der Waals surface area (Å²) in [6, 6.07) is 14.7. The molecule has 0 aliphatic rings. The second-order valence-electron chi connectivity index (χ2n) is 7.97. The maximum atomic E-state index is 11.6. The van der Waals surface area contributed by atoms with Gasteiger partial charge >= 0.3 is 11.9 Å². The summed E-state index contributed by atoms with van der Waals surface area (Å²) < 4.78 is 6.84. The van der Waals surface area contributed by atoms with E-state index in [9.17, 15) is 19.8 Å². The minimum Gasteiger partial charge on any atom is -0.480 e. The van der Waals surface area contributed by atoms with E-state index in [1.165, 1.54) is 17.8 Å². The third-order valence-electron chi connectivity index (χ3n) is 5.77. The van der Waals surface area contributed by atoms with Gasteiger partial charge in [-0.25, -0.2) is 14.6 Å². The number of carboxylic acids is 2. The normalized spacial score (nSPS) is 11.0. The van der Waals surface area contributed by atoms with Gasteiger partial charge in [0, 0.05) is 18.2 Å². The minimum absolute atomic E-state index is 0.0486. The standard InChI is InChI=1S/C26H25N3O5/c1-3-4-9-22-20(23-27-15-21(26(32)33)24(34-2)29(23)28-22)14-16-10-12-17(13-11-16)18-7-5-6-8-19(18)25(30)31/h5-8,10-13,15H,3-4,9,14H2,1-2H3,(H,30,31)(H,32,33). The highest BCUT2D eigenvalue weighted by molar-refractivity contribution is 5.96. The SMILES string of the molecule is CCCCc1nn2c(OC)c(C(=O)O)cnc2c1Cc1ccc(-c2ccccc2C(=O)O)cc1. The van der Waals surface area contributed by atoms with Crippen LogP contribution >= 0.6 is 0 Å². The van der Waals surface area contributed by atoms with E-state index in [0.29, 0.717) is 17.6 Å². The summed E-state index contributed by atoms with van der Waals surface area (Å²) in [6.45, 7) is 2.10. The molecule has 2 aromatic heterocycles. The smallest absolute Gasteiger partial charge is 0.342 e. The molecule has 4 rings (SSSR count). The molecule has 0 aliphatic carbocycles. The number of hydrogen-bond donors (Lipinski definition) is 2. The first-order chi connectivity index (χ1) is 16.4. The molecule has 0 unspecified atom stereocenters. The van der Waals surface area contributed by atoms with Crippen LogP contribution in [-0.4, -0.2) is 43.9 Å². The number of hydrogen-bond acceptors (Lipinski definition) is 5. The van der Waals surface area contributed by atoms with Gasteiger partial charge in [0.25, 0.3) is 0 Å². The van der Waals surface area contributed by atoms with Crippen LogP contribution in [0.15, 0.2) is 54.7 Å². The molecule has 2 N–H and O–H groups in total. The van der Waals surface area contributed by atoms with Crippen LogP contribution in [0.5, 0.6) is 5.88 Å². The number of rotatable bonds is 9. The van der Waals surface area contributed by atoms with Crippen molar-refractivity contribution in [1.82, 2.24) is 14.6 Å². The Kier molecular flexibility index (Phi) is 6.58. The van der Waals surface area contributed by atoms with Gasteiger partial charge in [0.05, 0.1) is 18.4 Å². The highest BCUT2D eigenvalue weighted by atomic mass is 16.5. The van der Waals surface area contributed by atoms with E-state index in [1.54, 1.807) is 18.2 Å². The fourth-order valence-electron chi connectivity index (χ4n) is 4.05. The van der Waals surface area contributed by atoms with Crippen LogP contribution in [0.4, 0.5) is 0 Å². The second kappa shape index (κ2) is 9.74. The maximum absolute atomic E-state index is 11.6. The Morgan fingerprint density at radius 3 is 2.35 bits per heavy atom. The first-order valence-electron chi connectivity index (χ1n) is 11.0. The molecule has 8 heteroatoms.